The summed E-state index contributed by atoms with van der Waals surface area (Å²) in [5.74, 6) is 2.46. The molecule has 0 bridgehead atoms. The summed E-state index contributed by atoms with van der Waals surface area (Å²) < 4.78 is 19.7. The maximum atomic E-state index is 12.1. The third-order valence-electron chi connectivity index (χ3n) is 16.0. The summed E-state index contributed by atoms with van der Waals surface area (Å²) in [5.41, 5.74) is 1.38. The van der Waals surface area contributed by atoms with Gasteiger partial charge in [0.05, 0.1) is 31.5 Å². The van der Waals surface area contributed by atoms with Gasteiger partial charge in [0, 0.05) is 37.2 Å². The largest absolute Gasteiger partial charge is 0.390 e. The van der Waals surface area contributed by atoms with Gasteiger partial charge >= 0.3 is 0 Å². The Morgan fingerprint density at radius 3 is 2.34 bits per heavy atom. The molecular formula is C35H58N2O4. The highest BCUT2D eigenvalue weighted by Gasteiger charge is 2.84. The van der Waals surface area contributed by atoms with E-state index in [-0.39, 0.29) is 46.4 Å². The summed E-state index contributed by atoms with van der Waals surface area (Å²) in [6.07, 6.45) is 10.0. The molecular weight excluding hydrogens is 512 g/mol. The normalized spacial score (nSPS) is 57.4. The smallest absolute Gasteiger partial charge is 0.170 e. The van der Waals surface area contributed by atoms with Gasteiger partial charge in [0.25, 0.3) is 0 Å². The fourth-order valence-electron chi connectivity index (χ4n) is 14.1. The lowest BCUT2D eigenvalue weighted by atomic mass is 9.41. The third-order valence-corrected chi connectivity index (χ3v) is 16.0. The minimum absolute atomic E-state index is 0.0366. The number of nitrogens with zero attached hydrogens (tertiary/aromatic N) is 2. The lowest BCUT2D eigenvalue weighted by molar-refractivity contribution is -0.258. The molecule has 8 aliphatic rings. The molecule has 1 unspecified atom stereocenters. The summed E-state index contributed by atoms with van der Waals surface area (Å²) in [6.45, 7) is 20.8. The van der Waals surface area contributed by atoms with Crippen molar-refractivity contribution in [2.45, 2.75) is 123 Å². The highest BCUT2D eigenvalue weighted by atomic mass is 16.7. The van der Waals surface area contributed by atoms with E-state index in [1.807, 2.05) is 0 Å². The van der Waals surface area contributed by atoms with Crippen LogP contribution in [-0.2, 0) is 14.2 Å². The lowest BCUT2D eigenvalue weighted by Crippen LogP contribution is -2.70. The van der Waals surface area contributed by atoms with E-state index < -0.39 is 0 Å². The van der Waals surface area contributed by atoms with Crippen LogP contribution in [0.1, 0.15) is 92.9 Å². The first kappa shape index (κ1) is 28.2. The van der Waals surface area contributed by atoms with Crippen LogP contribution in [0, 0.1) is 50.7 Å². The molecule has 8 fully saturated rings. The quantitative estimate of drug-likeness (QED) is 0.505. The molecule has 6 heteroatoms. The van der Waals surface area contributed by atoms with Crippen LogP contribution in [0.25, 0.3) is 0 Å². The van der Waals surface area contributed by atoms with Crippen LogP contribution in [0.15, 0.2) is 0 Å². The minimum Gasteiger partial charge on any atom is -0.390 e. The highest BCUT2D eigenvalue weighted by Crippen LogP contribution is 2.89. The van der Waals surface area contributed by atoms with Gasteiger partial charge in [-0.15, -0.1) is 0 Å². The van der Waals surface area contributed by atoms with Crippen LogP contribution in [-0.4, -0.2) is 91.5 Å². The van der Waals surface area contributed by atoms with Gasteiger partial charge in [-0.25, -0.2) is 0 Å². The molecule has 0 amide bonds. The summed E-state index contributed by atoms with van der Waals surface area (Å²) in [4.78, 5) is 5.05. The third kappa shape index (κ3) is 3.37. The number of aliphatic hydroxyl groups is 1. The summed E-state index contributed by atoms with van der Waals surface area (Å²) in [6, 6.07) is 0. The molecule has 3 saturated heterocycles. The van der Waals surface area contributed by atoms with Crippen molar-refractivity contribution >= 4 is 0 Å². The van der Waals surface area contributed by atoms with E-state index in [9.17, 15) is 5.11 Å². The molecule has 0 aromatic carbocycles. The molecule has 8 rings (SSSR count). The van der Waals surface area contributed by atoms with Gasteiger partial charge in [-0.1, -0.05) is 34.6 Å². The highest BCUT2D eigenvalue weighted by molar-refractivity contribution is 5.32. The van der Waals surface area contributed by atoms with E-state index in [4.69, 9.17) is 14.2 Å². The molecule has 2 spiro atoms. The van der Waals surface area contributed by atoms with E-state index in [0.717, 1.165) is 52.2 Å². The Bertz CT molecular complexity index is 1080. The topological polar surface area (TPSA) is 54.4 Å². The Hall–Kier alpha value is -0.240. The molecule has 0 aromatic rings. The molecule has 12 atom stereocenters. The molecule has 3 heterocycles. The van der Waals surface area contributed by atoms with Crippen molar-refractivity contribution in [1.82, 2.24) is 9.80 Å². The first-order valence-corrected chi connectivity index (χ1v) is 17.3. The van der Waals surface area contributed by atoms with Crippen molar-refractivity contribution in [2.75, 3.05) is 46.4 Å². The second-order valence-corrected chi connectivity index (χ2v) is 17.8. The number of morpholine rings is 1. The Labute approximate surface area is 249 Å². The van der Waals surface area contributed by atoms with Crippen LogP contribution in [0.2, 0.25) is 0 Å². The Kier molecular flexibility index (Phi) is 6.01. The maximum Gasteiger partial charge on any atom is 0.170 e. The predicted octanol–water partition coefficient (Wildman–Crippen LogP) is 5.18. The molecule has 232 valence electrons. The molecule has 6 nitrogen and oxygen atoms in total. The standard InChI is InChI=1S/C35H58N2O4/c1-22-11-16-40-28-27(22)32(5)13-14-35-19-34(35)12-10-25(30(2,3)23(34)8-9-24(35)33(32,6)29(28)38)41-26-18-37(15-17-39-26)31(4)20-36(7)21-31/h22-29,38H,8-21H2,1-7H3/t22-,23+,24-,25+,26+,27+,28?,29+,32-,33-,34-,35+/m1/s1. The first-order chi connectivity index (χ1) is 19.3. The van der Waals surface area contributed by atoms with Crippen LogP contribution < -0.4 is 0 Å². The molecule has 5 aliphatic carbocycles. The summed E-state index contributed by atoms with van der Waals surface area (Å²) in [5, 5.41) is 12.1. The number of rotatable bonds is 3. The second kappa shape index (κ2) is 8.72. The monoisotopic (exact) mass is 570 g/mol. The minimum atomic E-state index is -0.326. The number of aliphatic hydroxyl groups excluding tert-OH is 1. The number of likely N-dealkylation sites (tertiary alicyclic amines) is 1. The van der Waals surface area contributed by atoms with Gasteiger partial charge in [-0.05, 0) is 111 Å². The molecule has 0 radical (unpaired) electrons. The van der Waals surface area contributed by atoms with E-state index in [2.05, 4.69) is 58.4 Å². The number of fused-ring (bicyclic) bond motifs is 4. The molecule has 1 N–H and O–H groups in total. The van der Waals surface area contributed by atoms with Gasteiger partial charge in [0.2, 0.25) is 0 Å². The molecule has 5 saturated carbocycles. The predicted molar refractivity (Wildman–Crippen MR) is 159 cm³/mol. The maximum absolute atomic E-state index is 12.1. The van der Waals surface area contributed by atoms with E-state index >= 15 is 0 Å². The van der Waals surface area contributed by atoms with Crippen molar-refractivity contribution in [1.29, 1.82) is 0 Å². The SMILES string of the molecule is C[C@@H]1CCOC2[C@H]1[C@@]1(C)CC[C@@]34C[C@@]35CC[C@H](O[C@H]3CN(C6(C)CN(C)C6)CCO3)C(C)(C)[C@@H]5CC[C@@H]4[C@]1(C)[C@H]2O. The average molecular weight is 571 g/mol. The zero-order valence-electron chi connectivity index (χ0n) is 27.1. The van der Waals surface area contributed by atoms with Gasteiger partial charge in [0.1, 0.15) is 0 Å². The van der Waals surface area contributed by atoms with Crippen LogP contribution in [0.4, 0.5) is 0 Å². The van der Waals surface area contributed by atoms with E-state index in [0.29, 0.717) is 34.5 Å². The van der Waals surface area contributed by atoms with E-state index in [1.54, 1.807) is 0 Å². The Morgan fingerprint density at radius 2 is 1.59 bits per heavy atom. The first-order valence-electron chi connectivity index (χ1n) is 17.3. The number of likely N-dealkylation sites (N-methyl/N-ethyl adjacent to an activating group) is 1. The van der Waals surface area contributed by atoms with Crippen LogP contribution in [0.5, 0.6) is 0 Å². The van der Waals surface area contributed by atoms with Gasteiger partial charge in [-0.2, -0.15) is 0 Å². The fraction of sp³-hybridized carbons (Fsp3) is 1.00. The van der Waals surface area contributed by atoms with E-state index in [1.165, 1.54) is 38.5 Å². The van der Waals surface area contributed by atoms with Gasteiger partial charge in [0.15, 0.2) is 6.29 Å². The Morgan fingerprint density at radius 1 is 0.854 bits per heavy atom. The summed E-state index contributed by atoms with van der Waals surface area (Å²) >= 11 is 0. The van der Waals surface area contributed by atoms with Crippen LogP contribution in [0.3, 0.4) is 0 Å². The fourth-order valence-corrected chi connectivity index (χ4v) is 14.1. The van der Waals surface area contributed by atoms with Crippen molar-refractivity contribution in [3.8, 4) is 0 Å². The number of hydrogen-bond donors (Lipinski definition) is 1. The number of hydrogen-bond acceptors (Lipinski definition) is 6. The molecule has 0 aromatic heterocycles. The molecule has 3 aliphatic heterocycles. The van der Waals surface area contributed by atoms with Crippen molar-refractivity contribution in [2.24, 2.45) is 50.7 Å². The zero-order chi connectivity index (χ0) is 28.8. The van der Waals surface area contributed by atoms with Crippen molar-refractivity contribution in [3.05, 3.63) is 0 Å². The zero-order valence-corrected chi connectivity index (χ0v) is 27.1. The summed E-state index contributed by atoms with van der Waals surface area (Å²) in [7, 11) is 2.22. The Balaban J connectivity index is 1.02. The lowest BCUT2D eigenvalue weighted by Gasteiger charge is -2.64. The molecule has 41 heavy (non-hydrogen) atoms. The van der Waals surface area contributed by atoms with Gasteiger partial charge < -0.3 is 24.2 Å². The van der Waals surface area contributed by atoms with Crippen molar-refractivity contribution in [3.63, 3.8) is 0 Å². The van der Waals surface area contributed by atoms with Crippen molar-refractivity contribution < 1.29 is 19.3 Å². The second-order valence-electron chi connectivity index (χ2n) is 17.8. The number of ether oxygens (including phenoxy) is 3. The van der Waals surface area contributed by atoms with Gasteiger partial charge in [-0.3, -0.25) is 4.90 Å². The average Bonchev–Trinajstić information content (AvgIpc) is 3.54. The van der Waals surface area contributed by atoms with Crippen LogP contribution >= 0.6 is 0 Å².